The van der Waals surface area contributed by atoms with Crippen molar-refractivity contribution in [1.82, 2.24) is 4.98 Å². The van der Waals surface area contributed by atoms with Gasteiger partial charge in [-0.3, -0.25) is 10.1 Å². The number of nitrogens with one attached hydrogen (secondary N) is 1. The van der Waals surface area contributed by atoms with Crippen LogP contribution in [0.2, 0.25) is 5.02 Å². The van der Waals surface area contributed by atoms with Crippen molar-refractivity contribution in [2.45, 2.75) is 12.8 Å². The van der Waals surface area contributed by atoms with E-state index >= 15 is 0 Å². The molecule has 2 heterocycles. The number of fused-ring (bicyclic) bond motifs is 1. The Labute approximate surface area is 165 Å². The minimum absolute atomic E-state index is 0.0771. The van der Waals surface area contributed by atoms with E-state index in [0.29, 0.717) is 15.9 Å². The summed E-state index contributed by atoms with van der Waals surface area (Å²) in [5.74, 6) is 1.29. The van der Waals surface area contributed by atoms with Gasteiger partial charge in [0.1, 0.15) is 11.5 Å². The highest BCUT2D eigenvalue weighted by Gasteiger charge is 2.16. The Balaban J connectivity index is 1.37. The minimum atomic E-state index is -0.249. The average Bonchev–Trinajstić information content (AvgIpc) is 3.15. The van der Waals surface area contributed by atoms with E-state index in [9.17, 15) is 4.79 Å². The maximum atomic E-state index is 12.2. The molecular weight excluding hydrogens is 384 g/mol. The third-order valence-corrected chi connectivity index (χ3v) is 5.18. The third-order valence-electron chi connectivity index (χ3n) is 4.17. The summed E-state index contributed by atoms with van der Waals surface area (Å²) in [6.07, 6.45) is 1.84. The van der Waals surface area contributed by atoms with E-state index in [1.165, 1.54) is 11.3 Å². The van der Waals surface area contributed by atoms with Crippen LogP contribution in [0.1, 0.15) is 12.0 Å². The second-order valence-electron chi connectivity index (χ2n) is 6.07. The highest BCUT2D eigenvalue weighted by atomic mass is 35.5. The molecule has 0 saturated carbocycles. The number of thiazole rings is 1. The minimum Gasteiger partial charge on any atom is -0.493 e. The summed E-state index contributed by atoms with van der Waals surface area (Å²) in [7, 11) is 0. The van der Waals surface area contributed by atoms with Gasteiger partial charge in [-0.1, -0.05) is 29.8 Å². The molecule has 0 fully saturated rings. The Bertz CT molecular complexity index is 956. The molecule has 0 aliphatic carbocycles. The number of aromatic nitrogens is 1. The summed E-state index contributed by atoms with van der Waals surface area (Å²) in [5, 5.41) is 5.88. The number of benzene rings is 2. The normalized spacial score (nSPS) is 12.8. The fraction of sp³-hybridized carbons (Fsp3) is 0.200. The van der Waals surface area contributed by atoms with E-state index in [2.05, 4.69) is 10.3 Å². The molecule has 27 heavy (non-hydrogen) atoms. The molecule has 3 aromatic rings. The average molecular weight is 401 g/mol. The van der Waals surface area contributed by atoms with Gasteiger partial charge in [0.25, 0.3) is 5.91 Å². The highest BCUT2D eigenvalue weighted by Crippen LogP contribution is 2.32. The number of carbonyl (C=O) groups is 1. The maximum Gasteiger partial charge on any atom is 0.264 e. The zero-order valence-electron chi connectivity index (χ0n) is 14.4. The summed E-state index contributed by atoms with van der Waals surface area (Å²) < 4.78 is 11.3. The number of hydrogen-bond acceptors (Lipinski definition) is 5. The van der Waals surface area contributed by atoms with Gasteiger partial charge in [0, 0.05) is 21.5 Å². The Morgan fingerprint density at radius 2 is 2.11 bits per heavy atom. The summed E-state index contributed by atoms with van der Waals surface area (Å²) >= 11 is 7.28. The molecular formula is C20H17ClN2O3S. The molecule has 1 amide bonds. The van der Waals surface area contributed by atoms with Gasteiger partial charge in [-0.15, -0.1) is 11.3 Å². The zero-order chi connectivity index (χ0) is 18.6. The van der Waals surface area contributed by atoms with Crippen LogP contribution < -0.4 is 14.8 Å². The molecule has 0 radical (unpaired) electrons. The first-order valence-electron chi connectivity index (χ1n) is 8.58. The lowest BCUT2D eigenvalue weighted by Gasteiger charge is -2.19. The van der Waals surface area contributed by atoms with E-state index in [1.54, 1.807) is 0 Å². The lowest BCUT2D eigenvalue weighted by Crippen LogP contribution is -2.21. The topological polar surface area (TPSA) is 60.5 Å². The largest absolute Gasteiger partial charge is 0.493 e. The van der Waals surface area contributed by atoms with Gasteiger partial charge in [-0.2, -0.15) is 0 Å². The lowest BCUT2D eigenvalue weighted by molar-refractivity contribution is -0.118. The standard InChI is InChI=1S/C20H17ClN2O3S/c21-14-8-6-13(7-9-14)16-12-27-20(22-16)23-19(24)11-26-18-5-1-4-17-15(18)3-2-10-25-17/h1,4-9,12H,2-3,10-11H2,(H,22,23,24). The molecule has 1 N–H and O–H groups in total. The number of nitrogens with zero attached hydrogens (tertiary/aromatic N) is 1. The summed E-state index contributed by atoms with van der Waals surface area (Å²) in [4.78, 5) is 16.7. The van der Waals surface area contributed by atoms with Gasteiger partial charge in [-0.05, 0) is 37.1 Å². The number of ether oxygens (including phenoxy) is 2. The van der Waals surface area contributed by atoms with Crippen LogP contribution in [0.3, 0.4) is 0 Å². The number of halogens is 1. The fourth-order valence-electron chi connectivity index (χ4n) is 2.88. The third kappa shape index (κ3) is 4.23. The fourth-order valence-corrected chi connectivity index (χ4v) is 3.74. The van der Waals surface area contributed by atoms with Gasteiger partial charge in [0.2, 0.25) is 0 Å². The number of rotatable bonds is 5. The van der Waals surface area contributed by atoms with Gasteiger partial charge >= 0.3 is 0 Å². The molecule has 2 aromatic carbocycles. The van der Waals surface area contributed by atoms with Crippen LogP contribution in [0.5, 0.6) is 11.5 Å². The molecule has 5 nitrogen and oxygen atoms in total. The molecule has 0 spiro atoms. The first-order chi connectivity index (χ1) is 13.2. The molecule has 1 aromatic heterocycles. The summed E-state index contributed by atoms with van der Waals surface area (Å²) in [6, 6.07) is 13.1. The molecule has 0 bridgehead atoms. The van der Waals surface area contributed by atoms with Gasteiger partial charge < -0.3 is 9.47 Å². The number of amides is 1. The Morgan fingerprint density at radius 1 is 1.26 bits per heavy atom. The van der Waals surface area contributed by atoms with Crippen molar-refractivity contribution in [2.75, 3.05) is 18.5 Å². The van der Waals surface area contributed by atoms with E-state index < -0.39 is 0 Å². The van der Waals surface area contributed by atoms with E-state index in [0.717, 1.165) is 42.0 Å². The van der Waals surface area contributed by atoms with Crippen LogP contribution in [-0.2, 0) is 11.2 Å². The lowest BCUT2D eigenvalue weighted by atomic mass is 10.1. The molecule has 1 aliphatic rings. The SMILES string of the molecule is O=C(COc1cccc2c1CCCO2)Nc1nc(-c2ccc(Cl)cc2)cs1. The van der Waals surface area contributed by atoms with Crippen LogP contribution in [-0.4, -0.2) is 24.1 Å². The second-order valence-corrected chi connectivity index (χ2v) is 7.36. The molecule has 7 heteroatoms. The van der Waals surface area contributed by atoms with Crippen molar-refractivity contribution in [1.29, 1.82) is 0 Å². The summed E-state index contributed by atoms with van der Waals surface area (Å²) in [5.41, 5.74) is 2.77. The smallest absolute Gasteiger partial charge is 0.264 e. The Morgan fingerprint density at radius 3 is 2.96 bits per heavy atom. The number of anilines is 1. The van der Waals surface area contributed by atoms with Crippen LogP contribution in [0.25, 0.3) is 11.3 Å². The summed E-state index contributed by atoms with van der Waals surface area (Å²) in [6.45, 7) is 0.642. The molecule has 0 atom stereocenters. The monoisotopic (exact) mass is 400 g/mol. The van der Waals surface area contributed by atoms with Gasteiger partial charge in [0.05, 0.1) is 12.3 Å². The predicted molar refractivity (Wildman–Crippen MR) is 107 cm³/mol. The Hall–Kier alpha value is -2.57. The van der Waals surface area contributed by atoms with E-state index in [4.69, 9.17) is 21.1 Å². The predicted octanol–water partition coefficient (Wildman–Crippen LogP) is 4.81. The van der Waals surface area contributed by atoms with Crippen LogP contribution in [0.4, 0.5) is 5.13 Å². The highest BCUT2D eigenvalue weighted by molar-refractivity contribution is 7.14. The molecule has 138 valence electrons. The van der Waals surface area contributed by atoms with Gasteiger partial charge in [0.15, 0.2) is 11.7 Å². The van der Waals surface area contributed by atoms with E-state index in [1.807, 2.05) is 47.8 Å². The first-order valence-corrected chi connectivity index (χ1v) is 9.83. The molecule has 1 aliphatic heterocycles. The Kier molecular flexibility index (Phi) is 5.27. The maximum absolute atomic E-state index is 12.2. The number of carbonyl (C=O) groups excluding carboxylic acids is 1. The quantitative estimate of drug-likeness (QED) is 0.667. The van der Waals surface area contributed by atoms with E-state index in [-0.39, 0.29) is 12.5 Å². The van der Waals surface area contributed by atoms with Crippen molar-refractivity contribution in [3.8, 4) is 22.8 Å². The van der Waals surface area contributed by atoms with Crippen molar-refractivity contribution < 1.29 is 14.3 Å². The molecule has 4 rings (SSSR count). The van der Waals surface area contributed by atoms with Crippen molar-refractivity contribution in [3.63, 3.8) is 0 Å². The van der Waals surface area contributed by atoms with Crippen molar-refractivity contribution in [3.05, 3.63) is 58.4 Å². The van der Waals surface area contributed by atoms with Crippen molar-refractivity contribution >= 4 is 34.0 Å². The van der Waals surface area contributed by atoms with Gasteiger partial charge in [-0.25, -0.2) is 4.98 Å². The molecule has 0 unspecified atom stereocenters. The van der Waals surface area contributed by atoms with Crippen LogP contribution in [0.15, 0.2) is 47.8 Å². The zero-order valence-corrected chi connectivity index (χ0v) is 16.0. The van der Waals surface area contributed by atoms with Crippen molar-refractivity contribution in [2.24, 2.45) is 0 Å². The first kappa shape index (κ1) is 17.8. The van der Waals surface area contributed by atoms with Crippen LogP contribution >= 0.6 is 22.9 Å². The molecule has 0 saturated heterocycles. The second kappa shape index (κ2) is 7.98. The number of hydrogen-bond donors (Lipinski definition) is 1. The van der Waals surface area contributed by atoms with Crippen LogP contribution in [0, 0.1) is 0 Å².